The Labute approximate surface area is 163 Å². The maximum atomic E-state index is 14.2. The number of nitrogens with zero attached hydrogens (tertiary/aromatic N) is 2. The van der Waals surface area contributed by atoms with Crippen molar-refractivity contribution in [3.05, 3.63) is 64.7 Å². The number of carbonyl (C=O) groups excluding carboxylic acids is 2. The van der Waals surface area contributed by atoms with E-state index in [1.165, 1.54) is 40.8 Å². The summed E-state index contributed by atoms with van der Waals surface area (Å²) < 4.78 is 20.9. The average Bonchev–Trinajstić information content (AvgIpc) is 3.00. The van der Waals surface area contributed by atoms with Gasteiger partial charge in [0.15, 0.2) is 4.80 Å². The number of esters is 1. The highest BCUT2D eigenvalue weighted by atomic mass is 32.2. The fourth-order valence-electron chi connectivity index (χ4n) is 2.48. The van der Waals surface area contributed by atoms with Gasteiger partial charge in [-0.15, -0.1) is 11.8 Å². The van der Waals surface area contributed by atoms with E-state index in [1.54, 1.807) is 12.1 Å². The molecule has 1 heterocycles. The van der Waals surface area contributed by atoms with Crippen LogP contribution in [0.3, 0.4) is 0 Å². The monoisotopic (exact) mass is 404 g/mol. The van der Waals surface area contributed by atoms with Crippen molar-refractivity contribution in [1.82, 2.24) is 4.57 Å². The van der Waals surface area contributed by atoms with Gasteiger partial charge in [-0.3, -0.25) is 9.59 Å². The number of para-hydroxylation sites is 1. The smallest absolute Gasteiger partial charge is 0.325 e. The number of benzene rings is 2. The summed E-state index contributed by atoms with van der Waals surface area (Å²) in [5.74, 6) is -0.443. The highest BCUT2D eigenvalue weighted by molar-refractivity contribution is 7.99. The highest BCUT2D eigenvalue weighted by Crippen LogP contribution is 2.20. The molecule has 2 aromatic carbocycles. The predicted octanol–water partition coefficient (Wildman–Crippen LogP) is 3.38. The van der Waals surface area contributed by atoms with Crippen LogP contribution in [0.15, 0.2) is 53.5 Å². The van der Waals surface area contributed by atoms with Crippen molar-refractivity contribution < 1.29 is 18.7 Å². The number of halogens is 1. The third kappa shape index (κ3) is 4.84. The van der Waals surface area contributed by atoms with Gasteiger partial charge in [0.2, 0.25) is 0 Å². The van der Waals surface area contributed by atoms with Gasteiger partial charge in [0.05, 0.1) is 23.1 Å². The molecule has 3 rings (SSSR count). The fraction of sp³-hybridized carbons (Fsp3) is 0.211. The number of amides is 1. The van der Waals surface area contributed by atoms with E-state index in [2.05, 4.69) is 9.73 Å². The molecular formula is C19H17FN2O3S2. The number of ether oxygens (including phenoxy) is 1. The third-order valence-electron chi connectivity index (χ3n) is 3.72. The first kappa shape index (κ1) is 19.3. The molecule has 0 aliphatic rings. The molecule has 3 aromatic rings. The zero-order chi connectivity index (χ0) is 19.2. The minimum absolute atomic E-state index is 0.198. The summed E-state index contributed by atoms with van der Waals surface area (Å²) in [7, 11) is 1.26. The van der Waals surface area contributed by atoms with Crippen LogP contribution in [0, 0.1) is 5.82 Å². The van der Waals surface area contributed by atoms with Crippen LogP contribution in [0.25, 0.3) is 10.2 Å². The Morgan fingerprint density at radius 2 is 1.96 bits per heavy atom. The van der Waals surface area contributed by atoms with Crippen LogP contribution in [0.2, 0.25) is 0 Å². The molecule has 0 saturated carbocycles. The van der Waals surface area contributed by atoms with Crippen LogP contribution >= 0.6 is 23.1 Å². The molecule has 1 amide bonds. The lowest BCUT2D eigenvalue weighted by atomic mass is 10.2. The highest BCUT2D eigenvalue weighted by Gasteiger charge is 2.14. The average molecular weight is 404 g/mol. The van der Waals surface area contributed by atoms with Gasteiger partial charge in [-0.2, -0.15) is 4.99 Å². The van der Waals surface area contributed by atoms with Gasteiger partial charge < -0.3 is 9.30 Å². The Morgan fingerprint density at radius 1 is 1.19 bits per heavy atom. The van der Waals surface area contributed by atoms with Crippen molar-refractivity contribution in [1.29, 1.82) is 0 Å². The van der Waals surface area contributed by atoms with Gasteiger partial charge in [-0.1, -0.05) is 47.7 Å². The summed E-state index contributed by atoms with van der Waals surface area (Å²) in [5, 5.41) is 0. The van der Waals surface area contributed by atoms with E-state index in [1.807, 2.05) is 30.3 Å². The molecule has 0 bridgehead atoms. The molecule has 140 valence electrons. The van der Waals surface area contributed by atoms with Crippen molar-refractivity contribution in [2.24, 2.45) is 4.99 Å². The van der Waals surface area contributed by atoms with Gasteiger partial charge in [-0.05, 0) is 17.7 Å². The van der Waals surface area contributed by atoms with Crippen LogP contribution in [0.4, 0.5) is 4.39 Å². The van der Waals surface area contributed by atoms with E-state index in [0.717, 1.165) is 5.56 Å². The number of fused-ring (bicyclic) bond motifs is 1. The molecule has 0 saturated heterocycles. The van der Waals surface area contributed by atoms with Gasteiger partial charge >= 0.3 is 5.97 Å². The number of thioether (sulfide) groups is 1. The Hall–Kier alpha value is -2.45. The molecular weight excluding hydrogens is 387 g/mol. The second-order valence-electron chi connectivity index (χ2n) is 5.62. The largest absolute Gasteiger partial charge is 0.468 e. The Bertz CT molecular complexity index is 1030. The molecule has 0 spiro atoms. The normalized spacial score (nSPS) is 11.7. The fourth-order valence-corrected chi connectivity index (χ4v) is 4.31. The lowest BCUT2D eigenvalue weighted by Gasteiger charge is -2.04. The molecule has 0 aliphatic heterocycles. The molecule has 0 radical (unpaired) electrons. The van der Waals surface area contributed by atoms with E-state index in [9.17, 15) is 14.0 Å². The molecule has 8 heteroatoms. The summed E-state index contributed by atoms with van der Waals surface area (Å²) in [6.45, 7) is -0.208. The minimum Gasteiger partial charge on any atom is -0.468 e. The van der Waals surface area contributed by atoms with Gasteiger partial charge in [0.25, 0.3) is 5.91 Å². The third-order valence-corrected chi connectivity index (χ3v) is 5.76. The number of rotatable bonds is 6. The van der Waals surface area contributed by atoms with E-state index in [4.69, 9.17) is 0 Å². The summed E-state index contributed by atoms with van der Waals surface area (Å²) >= 11 is 2.62. The SMILES string of the molecule is COC(=O)Cn1c(=NC(=O)CSCc2ccccc2)sc2cccc(F)c21. The maximum absolute atomic E-state index is 14.2. The number of hydrogen-bond acceptors (Lipinski definition) is 5. The molecule has 5 nitrogen and oxygen atoms in total. The van der Waals surface area contributed by atoms with Crippen LogP contribution in [-0.2, 0) is 26.6 Å². The van der Waals surface area contributed by atoms with Crippen molar-refractivity contribution in [2.45, 2.75) is 12.3 Å². The second-order valence-corrected chi connectivity index (χ2v) is 7.61. The first-order valence-electron chi connectivity index (χ1n) is 8.12. The summed E-state index contributed by atoms with van der Waals surface area (Å²) in [6.07, 6.45) is 0. The molecule has 0 N–H and O–H groups in total. The van der Waals surface area contributed by atoms with Crippen molar-refractivity contribution in [3.8, 4) is 0 Å². The maximum Gasteiger partial charge on any atom is 0.325 e. The van der Waals surface area contributed by atoms with Crippen LogP contribution < -0.4 is 4.80 Å². The van der Waals surface area contributed by atoms with Crippen LogP contribution in [0.1, 0.15) is 5.56 Å². The molecule has 27 heavy (non-hydrogen) atoms. The molecule has 0 aliphatic carbocycles. The summed E-state index contributed by atoms with van der Waals surface area (Å²) in [4.78, 5) is 28.4. The van der Waals surface area contributed by atoms with E-state index < -0.39 is 11.8 Å². The second kappa shape index (κ2) is 8.96. The molecule has 0 fully saturated rings. The number of thiazole rings is 1. The summed E-state index contributed by atoms with van der Waals surface area (Å²) in [5.41, 5.74) is 1.37. The Kier molecular flexibility index (Phi) is 6.41. The number of hydrogen-bond donors (Lipinski definition) is 0. The van der Waals surface area contributed by atoms with Crippen LogP contribution in [0.5, 0.6) is 0 Å². The van der Waals surface area contributed by atoms with E-state index >= 15 is 0 Å². The standard InChI is InChI=1S/C19H17FN2O3S2/c1-25-17(24)10-22-18-14(20)8-5-9-15(18)27-19(22)21-16(23)12-26-11-13-6-3-2-4-7-13/h2-9H,10-12H2,1H3. The quantitative estimate of drug-likeness (QED) is 0.591. The minimum atomic E-state index is -0.537. The first-order chi connectivity index (χ1) is 13.1. The molecule has 1 aromatic heterocycles. The zero-order valence-electron chi connectivity index (χ0n) is 14.6. The summed E-state index contributed by atoms with van der Waals surface area (Å²) in [6, 6.07) is 14.4. The zero-order valence-corrected chi connectivity index (χ0v) is 16.2. The Morgan fingerprint density at radius 3 is 2.70 bits per heavy atom. The Balaban J connectivity index is 1.83. The van der Waals surface area contributed by atoms with Crippen LogP contribution in [-0.4, -0.2) is 29.3 Å². The lowest BCUT2D eigenvalue weighted by Crippen LogP contribution is -2.23. The first-order valence-corrected chi connectivity index (χ1v) is 10.1. The van der Waals surface area contributed by atoms with Crippen molar-refractivity contribution in [3.63, 3.8) is 0 Å². The molecule has 0 atom stereocenters. The van der Waals surface area contributed by atoms with Crippen molar-refractivity contribution >= 4 is 45.2 Å². The topological polar surface area (TPSA) is 60.7 Å². The molecule has 0 unspecified atom stereocenters. The number of aromatic nitrogens is 1. The van der Waals surface area contributed by atoms with Gasteiger partial charge in [0.1, 0.15) is 12.4 Å². The lowest BCUT2D eigenvalue weighted by molar-refractivity contribution is -0.141. The predicted molar refractivity (Wildman–Crippen MR) is 105 cm³/mol. The number of carbonyl (C=O) groups is 2. The van der Waals surface area contributed by atoms with Gasteiger partial charge in [0, 0.05) is 5.75 Å². The van der Waals surface area contributed by atoms with E-state index in [-0.39, 0.29) is 28.5 Å². The number of methoxy groups -OCH3 is 1. The van der Waals surface area contributed by atoms with Gasteiger partial charge in [-0.25, -0.2) is 4.39 Å². The van der Waals surface area contributed by atoms with Crippen molar-refractivity contribution in [2.75, 3.05) is 12.9 Å². The van der Waals surface area contributed by atoms with E-state index in [0.29, 0.717) is 10.5 Å².